The van der Waals surface area contributed by atoms with Gasteiger partial charge in [0.1, 0.15) is 0 Å². The number of nitrogens with one attached hydrogen (secondary N) is 1. The van der Waals surface area contributed by atoms with Gasteiger partial charge >= 0.3 is 0 Å². The van der Waals surface area contributed by atoms with E-state index in [1.807, 2.05) is 6.07 Å². The summed E-state index contributed by atoms with van der Waals surface area (Å²) in [5.41, 5.74) is 1.38. The Balaban J connectivity index is 2.94. The van der Waals surface area contributed by atoms with E-state index < -0.39 is 0 Å². The Kier molecular flexibility index (Phi) is 7.24. The summed E-state index contributed by atoms with van der Waals surface area (Å²) in [6, 6.07) is 3.92. The predicted octanol–water partition coefficient (Wildman–Crippen LogP) is 2.92. The van der Waals surface area contributed by atoms with Crippen LogP contribution in [0.1, 0.15) is 44.0 Å². The number of hydrogen-bond acceptors (Lipinski definition) is 4. The van der Waals surface area contributed by atoms with Gasteiger partial charge in [0.15, 0.2) is 0 Å². The molecule has 1 aromatic rings. The van der Waals surface area contributed by atoms with E-state index in [4.69, 9.17) is 5.26 Å². The number of hydrogen-bond donors (Lipinski definition) is 1. The largest absolute Gasteiger partial charge is 0.384 e. The van der Waals surface area contributed by atoms with Gasteiger partial charge in [0.25, 0.3) is 5.91 Å². The van der Waals surface area contributed by atoms with Crippen molar-refractivity contribution in [3.8, 4) is 6.07 Å². The summed E-state index contributed by atoms with van der Waals surface area (Å²) in [6.45, 7) is 8.11. The van der Waals surface area contributed by atoms with Crippen molar-refractivity contribution in [1.29, 1.82) is 5.26 Å². The number of anilines is 1. The molecule has 1 N–H and O–H groups in total. The smallest absolute Gasteiger partial charge is 0.257 e. The molecule has 0 unspecified atom stereocenters. The van der Waals surface area contributed by atoms with Crippen molar-refractivity contribution in [3.63, 3.8) is 0 Å². The molecule has 0 bridgehead atoms. The number of nitriles is 1. The van der Waals surface area contributed by atoms with Crippen LogP contribution in [0.4, 0.5) is 5.69 Å². The molecule has 0 radical (unpaired) electrons. The third-order valence-electron chi connectivity index (χ3n) is 2.98. The normalized spacial score (nSPS) is 10.2. The van der Waals surface area contributed by atoms with Crippen LogP contribution in [0.3, 0.4) is 0 Å². The van der Waals surface area contributed by atoms with E-state index in [0.717, 1.165) is 18.7 Å². The highest BCUT2D eigenvalue weighted by molar-refractivity contribution is 5.99. The van der Waals surface area contributed by atoms with Crippen molar-refractivity contribution in [2.45, 2.75) is 33.6 Å². The minimum absolute atomic E-state index is 0.0642. The molecular weight excluding hydrogens is 264 g/mol. The molecule has 114 valence electrons. The van der Waals surface area contributed by atoms with E-state index >= 15 is 0 Å². The Labute approximate surface area is 127 Å². The van der Waals surface area contributed by atoms with Crippen LogP contribution in [0.5, 0.6) is 0 Å². The molecule has 0 fully saturated rings. The fraction of sp³-hybridized carbons (Fsp3) is 0.562. The highest BCUT2D eigenvalue weighted by Gasteiger charge is 2.19. The van der Waals surface area contributed by atoms with E-state index in [-0.39, 0.29) is 5.91 Å². The molecule has 0 spiro atoms. The summed E-state index contributed by atoms with van der Waals surface area (Å²) < 4.78 is 0. The maximum absolute atomic E-state index is 12.7. The number of rotatable bonds is 8. The first-order valence-corrected chi connectivity index (χ1v) is 7.44. The lowest BCUT2D eigenvalue weighted by Crippen LogP contribution is -2.35. The third-order valence-corrected chi connectivity index (χ3v) is 2.98. The second-order valence-corrected chi connectivity index (χ2v) is 5.40. The van der Waals surface area contributed by atoms with Gasteiger partial charge in [-0.05, 0) is 18.4 Å². The average molecular weight is 288 g/mol. The summed E-state index contributed by atoms with van der Waals surface area (Å²) in [7, 11) is 0. The predicted molar refractivity (Wildman–Crippen MR) is 84.0 cm³/mol. The SMILES string of the molecule is CCCNc1ccncc1C(=O)N(CCC#N)CC(C)C. The van der Waals surface area contributed by atoms with E-state index in [9.17, 15) is 4.79 Å². The molecule has 1 amide bonds. The molecule has 0 aliphatic rings. The van der Waals surface area contributed by atoms with Gasteiger partial charge in [-0.15, -0.1) is 0 Å². The fourth-order valence-electron chi connectivity index (χ4n) is 2.05. The zero-order valence-electron chi connectivity index (χ0n) is 13.1. The topological polar surface area (TPSA) is 69.0 Å². The first-order chi connectivity index (χ1) is 10.1. The molecular formula is C16H24N4O. The number of nitrogens with zero attached hydrogens (tertiary/aromatic N) is 3. The Morgan fingerprint density at radius 2 is 2.29 bits per heavy atom. The molecule has 0 saturated carbocycles. The highest BCUT2D eigenvalue weighted by Crippen LogP contribution is 2.17. The number of amides is 1. The molecule has 0 aliphatic heterocycles. The van der Waals surface area contributed by atoms with Gasteiger partial charge in [0.2, 0.25) is 0 Å². The van der Waals surface area contributed by atoms with Crippen LogP contribution in [0.15, 0.2) is 18.5 Å². The number of carbonyl (C=O) groups excluding carboxylic acids is 1. The monoisotopic (exact) mass is 288 g/mol. The first-order valence-electron chi connectivity index (χ1n) is 7.44. The van der Waals surface area contributed by atoms with Crippen molar-refractivity contribution >= 4 is 11.6 Å². The van der Waals surface area contributed by atoms with Gasteiger partial charge in [0, 0.05) is 32.0 Å². The number of aromatic nitrogens is 1. The molecule has 0 saturated heterocycles. The molecule has 21 heavy (non-hydrogen) atoms. The molecule has 1 aromatic heterocycles. The van der Waals surface area contributed by atoms with E-state index in [1.165, 1.54) is 0 Å². The third kappa shape index (κ3) is 5.42. The number of pyridine rings is 1. The summed E-state index contributed by atoms with van der Waals surface area (Å²) in [6.07, 6.45) is 4.60. The molecule has 1 rings (SSSR count). The van der Waals surface area contributed by atoms with Gasteiger partial charge in [-0.2, -0.15) is 5.26 Å². The van der Waals surface area contributed by atoms with Crippen LogP contribution in [-0.4, -0.2) is 35.4 Å². The van der Waals surface area contributed by atoms with Crippen molar-refractivity contribution in [2.24, 2.45) is 5.92 Å². The lowest BCUT2D eigenvalue weighted by Gasteiger charge is -2.24. The summed E-state index contributed by atoms with van der Waals surface area (Å²) in [4.78, 5) is 18.5. The molecule has 0 atom stereocenters. The Bertz CT molecular complexity index is 493. The zero-order valence-corrected chi connectivity index (χ0v) is 13.1. The van der Waals surface area contributed by atoms with Gasteiger partial charge < -0.3 is 10.2 Å². The summed E-state index contributed by atoms with van der Waals surface area (Å²) >= 11 is 0. The standard InChI is InChI=1S/C16H24N4O/c1-4-8-19-15-6-9-18-11-14(15)16(21)20(10-5-7-17)12-13(2)3/h6,9,11,13H,4-5,8,10,12H2,1-3H3,(H,18,19). The Morgan fingerprint density at radius 3 is 2.90 bits per heavy atom. The van der Waals surface area contributed by atoms with Crippen molar-refractivity contribution in [3.05, 3.63) is 24.0 Å². The summed E-state index contributed by atoms with van der Waals surface area (Å²) in [5, 5.41) is 12.0. The van der Waals surface area contributed by atoms with E-state index in [0.29, 0.717) is 31.0 Å². The Hall–Kier alpha value is -2.09. The van der Waals surface area contributed by atoms with Gasteiger partial charge in [-0.25, -0.2) is 0 Å². The minimum Gasteiger partial charge on any atom is -0.384 e. The molecule has 0 aliphatic carbocycles. The second-order valence-electron chi connectivity index (χ2n) is 5.40. The van der Waals surface area contributed by atoms with Crippen LogP contribution in [0, 0.1) is 17.2 Å². The van der Waals surface area contributed by atoms with E-state index in [2.05, 4.69) is 37.1 Å². The van der Waals surface area contributed by atoms with Gasteiger partial charge in [0.05, 0.1) is 23.7 Å². The highest BCUT2D eigenvalue weighted by atomic mass is 16.2. The van der Waals surface area contributed by atoms with Crippen molar-refractivity contribution in [1.82, 2.24) is 9.88 Å². The second kappa shape index (κ2) is 8.96. The fourth-order valence-corrected chi connectivity index (χ4v) is 2.05. The van der Waals surface area contributed by atoms with Gasteiger partial charge in [-0.1, -0.05) is 20.8 Å². The molecule has 0 aromatic carbocycles. The van der Waals surface area contributed by atoms with Gasteiger partial charge in [-0.3, -0.25) is 9.78 Å². The minimum atomic E-state index is -0.0642. The zero-order chi connectivity index (χ0) is 15.7. The molecule has 5 nitrogen and oxygen atoms in total. The van der Waals surface area contributed by atoms with Crippen LogP contribution >= 0.6 is 0 Å². The van der Waals surface area contributed by atoms with Crippen molar-refractivity contribution < 1.29 is 4.79 Å². The van der Waals surface area contributed by atoms with Crippen LogP contribution < -0.4 is 5.32 Å². The average Bonchev–Trinajstić information content (AvgIpc) is 2.48. The maximum atomic E-state index is 12.7. The Morgan fingerprint density at radius 1 is 1.52 bits per heavy atom. The number of carbonyl (C=O) groups is 1. The lowest BCUT2D eigenvalue weighted by molar-refractivity contribution is 0.0740. The van der Waals surface area contributed by atoms with E-state index in [1.54, 1.807) is 17.3 Å². The summed E-state index contributed by atoms with van der Waals surface area (Å²) in [5.74, 6) is 0.294. The maximum Gasteiger partial charge on any atom is 0.257 e. The van der Waals surface area contributed by atoms with Crippen LogP contribution in [0.2, 0.25) is 0 Å². The molecule has 5 heteroatoms. The van der Waals surface area contributed by atoms with Crippen molar-refractivity contribution in [2.75, 3.05) is 25.0 Å². The first kappa shape index (κ1) is 17.0. The lowest BCUT2D eigenvalue weighted by atomic mass is 10.1. The molecule has 1 heterocycles. The quantitative estimate of drug-likeness (QED) is 0.798. The van der Waals surface area contributed by atoms with Crippen LogP contribution in [-0.2, 0) is 0 Å². The van der Waals surface area contributed by atoms with Crippen LogP contribution in [0.25, 0.3) is 0 Å².